The van der Waals surface area contributed by atoms with Crippen LogP contribution in [0.4, 0.5) is 5.69 Å². The molecule has 1 aromatic carbocycles. The van der Waals surface area contributed by atoms with Gasteiger partial charge in [-0.3, -0.25) is 0 Å². The van der Waals surface area contributed by atoms with Crippen molar-refractivity contribution < 1.29 is 8.42 Å². The van der Waals surface area contributed by atoms with E-state index in [0.717, 1.165) is 36.6 Å². The quantitative estimate of drug-likeness (QED) is 0.838. The minimum atomic E-state index is -3.07. The third kappa shape index (κ3) is 3.87. The molecular weight excluding hydrogens is 296 g/mol. The van der Waals surface area contributed by atoms with Crippen molar-refractivity contribution in [1.29, 1.82) is 0 Å². The maximum atomic E-state index is 12.1. The molecular formula is C14H21ClN2O2S. The van der Waals surface area contributed by atoms with Crippen LogP contribution in [0.15, 0.2) is 24.3 Å². The Balaban J connectivity index is 1.93. The number of unbranched alkanes of at least 4 members (excludes halogenated alkanes) is 1. The summed E-state index contributed by atoms with van der Waals surface area (Å²) in [5, 5.41) is 0.717. The Morgan fingerprint density at radius 2 is 1.70 bits per heavy atom. The summed E-state index contributed by atoms with van der Waals surface area (Å²) < 4.78 is 25.9. The first-order valence-electron chi connectivity index (χ1n) is 7.01. The van der Waals surface area contributed by atoms with Gasteiger partial charge in [-0.15, -0.1) is 0 Å². The van der Waals surface area contributed by atoms with E-state index in [1.807, 2.05) is 31.2 Å². The van der Waals surface area contributed by atoms with Gasteiger partial charge in [-0.25, -0.2) is 8.42 Å². The lowest BCUT2D eigenvalue weighted by Crippen LogP contribution is -2.49. The average Bonchev–Trinajstić information content (AvgIpc) is 2.46. The van der Waals surface area contributed by atoms with Crippen molar-refractivity contribution >= 4 is 27.3 Å². The van der Waals surface area contributed by atoms with Gasteiger partial charge in [0.25, 0.3) is 0 Å². The first-order valence-corrected chi connectivity index (χ1v) is 9.00. The molecule has 0 bridgehead atoms. The van der Waals surface area contributed by atoms with Crippen molar-refractivity contribution in [3.8, 4) is 0 Å². The van der Waals surface area contributed by atoms with Crippen molar-refractivity contribution in [2.45, 2.75) is 19.8 Å². The maximum absolute atomic E-state index is 12.1. The second kappa shape index (κ2) is 6.78. The van der Waals surface area contributed by atoms with E-state index in [-0.39, 0.29) is 5.75 Å². The molecule has 0 amide bonds. The van der Waals surface area contributed by atoms with E-state index in [4.69, 9.17) is 11.6 Å². The van der Waals surface area contributed by atoms with Crippen molar-refractivity contribution in [2.24, 2.45) is 0 Å². The predicted molar refractivity (Wildman–Crippen MR) is 83.9 cm³/mol. The molecule has 6 heteroatoms. The van der Waals surface area contributed by atoms with Gasteiger partial charge < -0.3 is 4.90 Å². The van der Waals surface area contributed by atoms with Gasteiger partial charge in [-0.2, -0.15) is 4.31 Å². The Labute approximate surface area is 126 Å². The van der Waals surface area contributed by atoms with Crippen LogP contribution in [0, 0.1) is 0 Å². The fourth-order valence-electron chi connectivity index (χ4n) is 2.33. The Morgan fingerprint density at radius 3 is 2.25 bits per heavy atom. The summed E-state index contributed by atoms with van der Waals surface area (Å²) in [5.74, 6) is 0.268. The molecule has 0 aliphatic carbocycles. The molecule has 1 saturated heterocycles. The summed E-state index contributed by atoms with van der Waals surface area (Å²) in [6.07, 6.45) is 1.64. The normalized spacial score (nSPS) is 17.4. The standard InChI is InChI=1S/C14H21ClN2O2S/c1-2-3-12-20(18,19)17-10-8-16(9-11-17)14-6-4-13(15)5-7-14/h4-7H,2-3,8-12H2,1H3. The van der Waals surface area contributed by atoms with E-state index in [2.05, 4.69) is 4.90 Å². The lowest BCUT2D eigenvalue weighted by atomic mass is 10.2. The van der Waals surface area contributed by atoms with Crippen LogP contribution in [0.1, 0.15) is 19.8 Å². The Morgan fingerprint density at radius 1 is 1.10 bits per heavy atom. The number of hydrogen-bond donors (Lipinski definition) is 0. The Hall–Kier alpha value is -0.780. The molecule has 1 aliphatic rings. The van der Waals surface area contributed by atoms with Gasteiger partial charge in [-0.05, 0) is 30.7 Å². The van der Waals surface area contributed by atoms with Crippen LogP contribution >= 0.6 is 11.6 Å². The van der Waals surface area contributed by atoms with Crippen LogP contribution in [-0.2, 0) is 10.0 Å². The third-order valence-electron chi connectivity index (χ3n) is 3.58. The molecule has 1 heterocycles. The zero-order valence-corrected chi connectivity index (χ0v) is 13.3. The topological polar surface area (TPSA) is 40.6 Å². The van der Waals surface area contributed by atoms with E-state index >= 15 is 0 Å². The summed E-state index contributed by atoms with van der Waals surface area (Å²) in [6.45, 7) is 4.59. The SMILES string of the molecule is CCCCS(=O)(=O)N1CCN(c2ccc(Cl)cc2)CC1. The molecule has 0 radical (unpaired) electrons. The van der Waals surface area contributed by atoms with Crippen LogP contribution in [-0.4, -0.2) is 44.7 Å². The van der Waals surface area contributed by atoms with Gasteiger partial charge in [-0.1, -0.05) is 24.9 Å². The van der Waals surface area contributed by atoms with Gasteiger partial charge >= 0.3 is 0 Å². The van der Waals surface area contributed by atoms with Gasteiger partial charge in [0.1, 0.15) is 0 Å². The Kier molecular flexibility index (Phi) is 5.29. The molecule has 1 aromatic rings. The monoisotopic (exact) mass is 316 g/mol. The summed E-state index contributed by atoms with van der Waals surface area (Å²) in [6, 6.07) is 7.68. The highest BCUT2D eigenvalue weighted by Crippen LogP contribution is 2.20. The lowest BCUT2D eigenvalue weighted by Gasteiger charge is -2.35. The summed E-state index contributed by atoms with van der Waals surface area (Å²) in [5.41, 5.74) is 1.10. The van der Waals surface area contributed by atoms with Crippen LogP contribution < -0.4 is 4.90 Å². The van der Waals surface area contributed by atoms with Gasteiger partial charge in [0.2, 0.25) is 10.0 Å². The number of benzene rings is 1. The second-order valence-corrected chi connectivity index (χ2v) is 7.56. The molecule has 0 aromatic heterocycles. The molecule has 4 nitrogen and oxygen atoms in total. The van der Waals surface area contributed by atoms with Gasteiger partial charge in [0.05, 0.1) is 5.75 Å². The number of sulfonamides is 1. The van der Waals surface area contributed by atoms with Crippen LogP contribution in [0.5, 0.6) is 0 Å². The zero-order valence-electron chi connectivity index (χ0n) is 11.8. The van der Waals surface area contributed by atoms with Crippen molar-refractivity contribution in [3.05, 3.63) is 29.3 Å². The molecule has 112 valence electrons. The largest absolute Gasteiger partial charge is 0.369 e. The molecule has 0 saturated carbocycles. The van der Waals surface area contributed by atoms with E-state index < -0.39 is 10.0 Å². The van der Waals surface area contributed by atoms with E-state index in [9.17, 15) is 8.42 Å². The average molecular weight is 317 g/mol. The minimum Gasteiger partial charge on any atom is -0.369 e. The number of anilines is 1. The third-order valence-corrected chi connectivity index (χ3v) is 5.79. The number of hydrogen-bond acceptors (Lipinski definition) is 3. The maximum Gasteiger partial charge on any atom is 0.214 e. The molecule has 1 fully saturated rings. The van der Waals surface area contributed by atoms with Crippen molar-refractivity contribution in [1.82, 2.24) is 4.31 Å². The molecule has 2 rings (SSSR count). The summed E-state index contributed by atoms with van der Waals surface area (Å²) in [4.78, 5) is 2.20. The fraction of sp³-hybridized carbons (Fsp3) is 0.571. The highest BCUT2D eigenvalue weighted by Gasteiger charge is 2.26. The highest BCUT2D eigenvalue weighted by atomic mass is 35.5. The highest BCUT2D eigenvalue weighted by molar-refractivity contribution is 7.89. The van der Waals surface area contributed by atoms with Crippen LogP contribution in [0.2, 0.25) is 5.02 Å². The first kappa shape index (κ1) is 15.6. The van der Waals surface area contributed by atoms with Crippen molar-refractivity contribution in [3.63, 3.8) is 0 Å². The van der Waals surface area contributed by atoms with Crippen LogP contribution in [0.25, 0.3) is 0 Å². The molecule has 20 heavy (non-hydrogen) atoms. The van der Waals surface area contributed by atoms with Crippen LogP contribution in [0.3, 0.4) is 0 Å². The Bertz CT molecular complexity index is 523. The summed E-state index contributed by atoms with van der Waals surface area (Å²) >= 11 is 5.88. The van der Waals surface area contributed by atoms with E-state index in [0.29, 0.717) is 13.1 Å². The second-order valence-electron chi connectivity index (χ2n) is 5.03. The molecule has 0 atom stereocenters. The summed E-state index contributed by atoms with van der Waals surface area (Å²) in [7, 11) is -3.07. The zero-order chi connectivity index (χ0) is 14.6. The van der Waals surface area contributed by atoms with Gasteiger partial charge in [0.15, 0.2) is 0 Å². The lowest BCUT2D eigenvalue weighted by molar-refractivity contribution is 0.384. The number of nitrogens with zero attached hydrogens (tertiary/aromatic N) is 2. The number of piperazine rings is 1. The smallest absolute Gasteiger partial charge is 0.214 e. The minimum absolute atomic E-state index is 0.268. The molecule has 1 aliphatic heterocycles. The van der Waals surface area contributed by atoms with E-state index in [1.165, 1.54) is 0 Å². The molecule has 0 N–H and O–H groups in total. The number of rotatable bonds is 5. The number of halogens is 1. The first-order chi connectivity index (χ1) is 9.53. The van der Waals surface area contributed by atoms with Gasteiger partial charge in [0, 0.05) is 36.9 Å². The van der Waals surface area contributed by atoms with E-state index in [1.54, 1.807) is 4.31 Å². The van der Waals surface area contributed by atoms with Crippen molar-refractivity contribution in [2.75, 3.05) is 36.8 Å². The predicted octanol–water partition coefficient (Wildman–Crippen LogP) is 2.59. The molecule has 0 unspecified atom stereocenters. The molecule has 0 spiro atoms. The fourth-order valence-corrected chi connectivity index (χ4v) is 4.09.